The summed E-state index contributed by atoms with van der Waals surface area (Å²) in [5.41, 5.74) is 12.7. The highest BCUT2D eigenvalue weighted by molar-refractivity contribution is 5.35. The number of aliphatic hydroxyl groups is 1. The molecule has 1 aromatic carbocycles. The molecule has 1 atom stereocenters. The molecule has 0 bridgehead atoms. The lowest BCUT2D eigenvalue weighted by molar-refractivity contribution is 0.281. The summed E-state index contributed by atoms with van der Waals surface area (Å²) in [6.45, 7) is 0.202. The quantitative estimate of drug-likeness (QED) is 0.355. The molecule has 1 N–H and O–H groups in total. The third-order valence-corrected chi connectivity index (χ3v) is 3.83. The van der Waals surface area contributed by atoms with Crippen molar-refractivity contribution in [2.75, 3.05) is 6.61 Å². The molecule has 19 heavy (non-hydrogen) atoms. The number of azide groups is 1. The van der Waals surface area contributed by atoms with Gasteiger partial charge in [-0.15, -0.1) is 0 Å². The average Bonchev–Trinajstić information content (AvgIpc) is 2.46. The lowest BCUT2D eigenvalue weighted by Gasteiger charge is -2.19. The Morgan fingerprint density at radius 1 is 1.21 bits per heavy atom. The second kappa shape index (κ2) is 7.17. The predicted octanol–water partition coefficient (Wildman–Crippen LogP) is 4.08. The highest BCUT2D eigenvalue weighted by atomic mass is 16.2. The first-order chi connectivity index (χ1) is 9.35. The standard InChI is InChI=1S/C15H21N3O/c16-18-17-15(7-3-4-10-19)14-9-8-12-5-1-2-6-13(12)11-14/h8-9,11,15,19H,1-7,10H2. The van der Waals surface area contributed by atoms with Gasteiger partial charge in [0.05, 0.1) is 6.04 Å². The van der Waals surface area contributed by atoms with Crippen molar-refractivity contribution in [3.05, 3.63) is 45.3 Å². The zero-order valence-corrected chi connectivity index (χ0v) is 11.3. The third-order valence-electron chi connectivity index (χ3n) is 3.83. The molecule has 0 saturated carbocycles. The summed E-state index contributed by atoms with van der Waals surface area (Å²) in [6, 6.07) is 6.41. The Morgan fingerprint density at radius 3 is 2.74 bits per heavy atom. The lowest BCUT2D eigenvalue weighted by atomic mass is 9.88. The number of unbranched alkanes of at least 4 members (excludes halogenated alkanes) is 1. The van der Waals surface area contributed by atoms with Gasteiger partial charge >= 0.3 is 0 Å². The summed E-state index contributed by atoms with van der Waals surface area (Å²) in [6.07, 6.45) is 7.31. The van der Waals surface area contributed by atoms with E-state index in [1.165, 1.54) is 30.4 Å². The number of nitrogens with zero attached hydrogens (tertiary/aromatic N) is 3. The molecule has 102 valence electrons. The Labute approximate surface area is 114 Å². The molecule has 0 amide bonds. The Hall–Kier alpha value is -1.51. The van der Waals surface area contributed by atoms with Crippen LogP contribution in [0, 0.1) is 0 Å². The lowest BCUT2D eigenvalue weighted by Crippen LogP contribution is -2.05. The maximum atomic E-state index is 8.83. The number of benzene rings is 1. The van der Waals surface area contributed by atoms with E-state index in [4.69, 9.17) is 10.6 Å². The van der Waals surface area contributed by atoms with Crippen LogP contribution in [-0.4, -0.2) is 11.7 Å². The van der Waals surface area contributed by atoms with Gasteiger partial charge < -0.3 is 5.11 Å². The van der Waals surface area contributed by atoms with Crippen molar-refractivity contribution in [3.63, 3.8) is 0 Å². The SMILES string of the molecule is [N-]=[N+]=NC(CCCCO)c1ccc2c(c1)CCCC2. The van der Waals surface area contributed by atoms with Crippen LogP contribution in [0.3, 0.4) is 0 Å². The van der Waals surface area contributed by atoms with Gasteiger partial charge in [-0.05, 0) is 60.7 Å². The third kappa shape index (κ3) is 3.72. The summed E-state index contributed by atoms with van der Waals surface area (Å²) >= 11 is 0. The van der Waals surface area contributed by atoms with E-state index in [2.05, 4.69) is 28.2 Å². The van der Waals surface area contributed by atoms with Crippen LogP contribution in [0.4, 0.5) is 0 Å². The van der Waals surface area contributed by atoms with E-state index in [1.807, 2.05) is 0 Å². The van der Waals surface area contributed by atoms with E-state index < -0.39 is 0 Å². The minimum Gasteiger partial charge on any atom is -0.396 e. The summed E-state index contributed by atoms with van der Waals surface area (Å²) in [4.78, 5) is 2.97. The number of aryl methyl sites for hydroxylation is 2. The molecule has 1 aromatic rings. The Balaban J connectivity index is 2.14. The fourth-order valence-corrected chi connectivity index (χ4v) is 2.76. The second-order valence-electron chi connectivity index (χ2n) is 5.18. The molecule has 0 fully saturated rings. The summed E-state index contributed by atoms with van der Waals surface area (Å²) in [5, 5.41) is 12.7. The molecular weight excluding hydrogens is 238 g/mol. The van der Waals surface area contributed by atoms with E-state index in [1.54, 1.807) is 0 Å². The van der Waals surface area contributed by atoms with Gasteiger partial charge in [-0.1, -0.05) is 29.7 Å². The van der Waals surface area contributed by atoms with Crippen LogP contribution in [0.15, 0.2) is 23.3 Å². The van der Waals surface area contributed by atoms with Crippen LogP contribution in [-0.2, 0) is 12.8 Å². The molecule has 0 aliphatic heterocycles. The van der Waals surface area contributed by atoms with E-state index >= 15 is 0 Å². The van der Waals surface area contributed by atoms with Crippen molar-refractivity contribution in [2.24, 2.45) is 5.11 Å². The van der Waals surface area contributed by atoms with Gasteiger partial charge in [0.25, 0.3) is 0 Å². The molecular formula is C15H21N3O. The van der Waals surface area contributed by atoms with Gasteiger partial charge in [0, 0.05) is 11.5 Å². The van der Waals surface area contributed by atoms with Gasteiger partial charge in [-0.3, -0.25) is 0 Å². The molecule has 0 heterocycles. The van der Waals surface area contributed by atoms with Crippen LogP contribution in [0.25, 0.3) is 10.4 Å². The minimum atomic E-state index is -0.0937. The number of aliphatic hydroxyl groups excluding tert-OH is 1. The maximum Gasteiger partial charge on any atom is 0.0625 e. The van der Waals surface area contributed by atoms with Crippen LogP contribution in [0.2, 0.25) is 0 Å². The highest BCUT2D eigenvalue weighted by Gasteiger charge is 2.14. The van der Waals surface area contributed by atoms with Gasteiger partial charge in [0.2, 0.25) is 0 Å². The van der Waals surface area contributed by atoms with Gasteiger partial charge in [0.15, 0.2) is 0 Å². The number of hydrogen-bond donors (Lipinski definition) is 1. The zero-order chi connectivity index (χ0) is 13.5. The van der Waals surface area contributed by atoms with Crippen molar-refractivity contribution in [1.82, 2.24) is 0 Å². The monoisotopic (exact) mass is 259 g/mol. The summed E-state index contributed by atoms with van der Waals surface area (Å²) in [5.74, 6) is 0. The average molecular weight is 259 g/mol. The van der Waals surface area contributed by atoms with Gasteiger partial charge in [-0.2, -0.15) is 0 Å². The minimum absolute atomic E-state index is 0.0937. The van der Waals surface area contributed by atoms with Crippen molar-refractivity contribution in [3.8, 4) is 0 Å². The summed E-state index contributed by atoms with van der Waals surface area (Å²) < 4.78 is 0. The zero-order valence-electron chi connectivity index (χ0n) is 11.3. The van der Waals surface area contributed by atoms with Crippen molar-refractivity contribution in [2.45, 2.75) is 51.0 Å². The molecule has 4 nitrogen and oxygen atoms in total. The molecule has 0 radical (unpaired) electrons. The number of hydrogen-bond acceptors (Lipinski definition) is 2. The first-order valence-corrected chi connectivity index (χ1v) is 7.12. The van der Waals surface area contributed by atoms with Gasteiger partial charge in [-0.25, -0.2) is 0 Å². The van der Waals surface area contributed by atoms with E-state index in [-0.39, 0.29) is 12.6 Å². The van der Waals surface area contributed by atoms with Crippen molar-refractivity contribution < 1.29 is 5.11 Å². The predicted molar refractivity (Wildman–Crippen MR) is 75.9 cm³/mol. The smallest absolute Gasteiger partial charge is 0.0625 e. The maximum absolute atomic E-state index is 8.83. The number of fused-ring (bicyclic) bond motifs is 1. The largest absolute Gasteiger partial charge is 0.396 e. The Morgan fingerprint density at radius 2 is 2.00 bits per heavy atom. The number of rotatable bonds is 6. The normalized spacial score (nSPS) is 15.4. The van der Waals surface area contributed by atoms with Crippen molar-refractivity contribution >= 4 is 0 Å². The van der Waals surface area contributed by atoms with Crippen LogP contribution in [0.1, 0.15) is 54.8 Å². The molecule has 0 saturated heterocycles. The first-order valence-electron chi connectivity index (χ1n) is 7.12. The molecule has 2 rings (SSSR count). The summed E-state index contributed by atoms with van der Waals surface area (Å²) in [7, 11) is 0. The van der Waals surface area contributed by atoms with Crippen LogP contribution in [0.5, 0.6) is 0 Å². The van der Waals surface area contributed by atoms with E-state index in [9.17, 15) is 0 Å². The first kappa shape index (κ1) is 13.9. The molecule has 1 aliphatic carbocycles. The fraction of sp³-hybridized carbons (Fsp3) is 0.600. The van der Waals surface area contributed by atoms with Gasteiger partial charge in [0.1, 0.15) is 0 Å². The van der Waals surface area contributed by atoms with E-state index in [0.29, 0.717) is 0 Å². The molecule has 0 aromatic heterocycles. The Bertz CT molecular complexity index is 466. The van der Waals surface area contributed by atoms with Crippen LogP contribution < -0.4 is 0 Å². The van der Waals surface area contributed by atoms with Crippen LogP contribution >= 0.6 is 0 Å². The molecule has 4 heteroatoms. The topological polar surface area (TPSA) is 69.0 Å². The highest BCUT2D eigenvalue weighted by Crippen LogP contribution is 2.29. The molecule has 0 spiro atoms. The second-order valence-corrected chi connectivity index (χ2v) is 5.18. The Kier molecular flexibility index (Phi) is 5.25. The molecule has 1 unspecified atom stereocenters. The van der Waals surface area contributed by atoms with E-state index in [0.717, 1.165) is 31.2 Å². The molecule has 1 aliphatic rings. The fourth-order valence-electron chi connectivity index (χ4n) is 2.76. The van der Waals surface area contributed by atoms with Crippen molar-refractivity contribution in [1.29, 1.82) is 0 Å².